The lowest BCUT2D eigenvalue weighted by Gasteiger charge is -2.36. The van der Waals surface area contributed by atoms with E-state index in [1.807, 2.05) is 18.2 Å². The van der Waals surface area contributed by atoms with Gasteiger partial charge in [-0.3, -0.25) is 0 Å². The van der Waals surface area contributed by atoms with E-state index in [2.05, 4.69) is 23.2 Å². The van der Waals surface area contributed by atoms with Crippen molar-refractivity contribution in [1.82, 2.24) is 10.2 Å². The van der Waals surface area contributed by atoms with Gasteiger partial charge in [0.1, 0.15) is 18.0 Å². The Morgan fingerprint density at radius 1 is 1.17 bits per heavy atom. The summed E-state index contributed by atoms with van der Waals surface area (Å²) in [6, 6.07) is 8.20. The zero-order valence-corrected chi connectivity index (χ0v) is 14.2. The predicted molar refractivity (Wildman–Crippen MR) is 92.9 cm³/mol. The van der Waals surface area contributed by atoms with Gasteiger partial charge in [-0.1, -0.05) is 18.2 Å². The van der Waals surface area contributed by atoms with E-state index in [0.29, 0.717) is 0 Å². The molecule has 1 heterocycles. The van der Waals surface area contributed by atoms with Crippen LogP contribution in [-0.4, -0.2) is 54.4 Å². The maximum Gasteiger partial charge on any atom is 0.126 e. The molecule has 1 saturated heterocycles. The molecular weight excluding hydrogens is 288 g/mol. The van der Waals surface area contributed by atoms with Crippen LogP contribution in [0.15, 0.2) is 24.3 Å². The van der Waals surface area contributed by atoms with Crippen molar-refractivity contribution in [2.24, 2.45) is 0 Å². The quantitative estimate of drug-likeness (QED) is 0.845. The fourth-order valence-corrected chi connectivity index (χ4v) is 3.76. The first-order valence-corrected chi connectivity index (χ1v) is 9.10. The van der Waals surface area contributed by atoms with Gasteiger partial charge in [0.15, 0.2) is 0 Å². The van der Waals surface area contributed by atoms with Crippen LogP contribution in [0.1, 0.15) is 37.7 Å². The highest BCUT2D eigenvalue weighted by Crippen LogP contribution is 2.26. The molecule has 128 valence electrons. The largest absolute Gasteiger partial charge is 0.487 e. The Morgan fingerprint density at radius 2 is 1.96 bits per heavy atom. The van der Waals surface area contributed by atoms with E-state index in [1.165, 1.54) is 25.9 Å². The van der Waals surface area contributed by atoms with Crippen LogP contribution in [0.2, 0.25) is 0 Å². The highest BCUT2D eigenvalue weighted by atomic mass is 16.5. The maximum absolute atomic E-state index is 10.7. The first-order valence-electron chi connectivity index (χ1n) is 9.10. The molecular formula is C19H30N2O2. The molecule has 0 bridgehead atoms. The Morgan fingerprint density at radius 3 is 2.74 bits per heavy atom. The van der Waals surface area contributed by atoms with E-state index in [-0.39, 0.29) is 12.1 Å². The molecule has 3 rings (SSSR count). The first-order chi connectivity index (χ1) is 11.2. The fourth-order valence-electron chi connectivity index (χ4n) is 3.76. The van der Waals surface area contributed by atoms with Crippen molar-refractivity contribution in [3.05, 3.63) is 29.8 Å². The summed E-state index contributed by atoms with van der Waals surface area (Å²) in [5.41, 5.74) is 1.13. The van der Waals surface area contributed by atoms with Crippen molar-refractivity contribution in [3.8, 4) is 5.75 Å². The van der Waals surface area contributed by atoms with Crippen LogP contribution in [0.25, 0.3) is 0 Å². The number of hydrogen-bond donors (Lipinski definition) is 2. The fraction of sp³-hybridized carbons (Fsp3) is 0.684. The van der Waals surface area contributed by atoms with Gasteiger partial charge in [0.05, 0.1) is 0 Å². The van der Waals surface area contributed by atoms with Crippen LogP contribution in [-0.2, 0) is 0 Å². The average Bonchev–Trinajstić information content (AvgIpc) is 3.06. The monoisotopic (exact) mass is 318 g/mol. The molecule has 0 aromatic heterocycles. The molecule has 0 radical (unpaired) electrons. The van der Waals surface area contributed by atoms with Crippen LogP contribution < -0.4 is 10.1 Å². The molecule has 1 saturated carbocycles. The van der Waals surface area contributed by atoms with E-state index in [9.17, 15) is 5.11 Å². The summed E-state index contributed by atoms with van der Waals surface area (Å²) in [6.45, 7) is 6.56. The number of nitrogens with one attached hydrogen (secondary N) is 1. The van der Waals surface area contributed by atoms with Crippen molar-refractivity contribution >= 4 is 0 Å². The summed E-state index contributed by atoms with van der Waals surface area (Å²) in [7, 11) is 0. The van der Waals surface area contributed by atoms with Gasteiger partial charge in [0.2, 0.25) is 0 Å². The number of likely N-dealkylation sites (tertiary alicyclic amines) is 1. The van der Waals surface area contributed by atoms with Crippen LogP contribution in [0, 0.1) is 6.92 Å². The van der Waals surface area contributed by atoms with Gasteiger partial charge >= 0.3 is 0 Å². The molecule has 0 spiro atoms. The summed E-state index contributed by atoms with van der Waals surface area (Å²) in [4.78, 5) is 2.50. The smallest absolute Gasteiger partial charge is 0.126 e. The van der Waals surface area contributed by atoms with Crippen molar-refractivity contribution in [1.29, 1.82) is 0 Å². The number of ether oxygens (including phenoxy) is 1. The lowest BCUT2D eigenvalue weighted by molar-refractivity contribution is -0.0158. The van der Waals surface area contributed by atoms with Gasteiger partial charge < -0.3 is 20.1 Å². The molecule has 1 aliphatic carbocycles. The van der Waals surface area contributed by atoms with Gasteiger partial charge in [-0.2, -0.15) is 0 Å². The Kier molecular flexibility index (Phi) is 5.92. The standard InChI is InChI=1S/C19H30N2O2/c1-15-7-2-3-9-17(15)23-18-10-6-8-16(19(18)22)20-11-14-21-12-4-5-13-21/h2-3,7,9,16,18-20,22H,4-6,8,10-14H2,1H3/t16-,18+,19+/m0/s1. The molecule has 4 heteroatoms. The van der Waals surface area contributed by atoms with Crippen molar-refractivity contribution in [2.45, 2.75) is 57.3 Å². The highest BCUT2D eigenvalue weighted by Gasteiger charge is 2.33. The molecule has 0 amide bonds. The van der Waals surface area contributed by atoms with E-state index in [4.69, 9.17) is 4.74 Å². The minimum atomic E-state index is -0.429. The number of benzene rings is 1. The second kappa shape index (κ2) is 8.13. The molecule has 2 N–H and O–H groups in total. The molecule has 4 nitrogen and oxygen atoms in total. The molecule has 1 aliphatic heterocycles. The number of aliphatic hydroxyl groups excluding tert-OH is 1. The summed E-state index contributed by atoms with van der Waals surface area (Å²) in [5.74, 6) is 0.897. The van der Waals surface area contributed by atoms with E-state index in [1.54, 1.807) is 0 Å². The molecule has 1 aromatic carbocycles. The second-order valence-electron chi connectivity index (χ2n) is 6.95. The van der Waals surface area contributed by atoms with Crippen LogP contribution in [0.3, 0.4) is 0 Å². The third kappa shape index (κ3) is 4.46. The minimum absolute atomic E-state index is 0.103. The van der Waals surface area contributed by atoms with Gasteiger partial charge in [-0.05, 0) is 63.7 Å². The molecule has 2 aliphatic rings. The van der Waals surface area contributed by atoms with E-state index in [0.717, 1.165) is 43.7 Å². The van der Waals surface area contributed by atoms with Crippen molar-refractivity contribution in [3.63, 3.8) is 0 Å². The minimum Gasteiger partial charge on any atom is -0.487 e. The predicted octanol–water partition coefficient (Wildman–Crippen LogP) is 2.34. The van der Waals surface area contributed by atoms with Crippen LogP contribution in [0.5, 0.6) is 5.75 Å². The summed E-state index contributed by atoms with van der Waals surface area (Å²) in [6.07, 6.45) is 5.21. The Balaban J connectivity index is 1.49. The van der Waals surface area contributed by atoms with Crippen molar-refractivity contribution < 1.29 is 9.84 Å². The zero-order valence-electron chi connectivity index (χ0n) is 14.2. The molecule has 23 heavy (non-hydrogen) atoms. The molecule has 2 fully saturated rings. The Bertz CT molecular complexity index is 488. The maximum atomic E-state index is 10.7. The third-order valence-electron chi connectivity index (χ3n) is 5.20. The van der Waals surface area contributed by atoms with Gasteiger partial charge in [-0.25, -0.2) is 0 Å². The van der Waals surface area contributed by atoms with Crippen LogP contribution in [0.4, 0.5) is 0 Å². The zero-order chi connectivity index (χ0) is 16.1. The third-order valence-corrected chi connectivity index (χ3v) is 5.20. The normalized spacial score (nSPS) is 28.9. The van der Waals surface area contributed by atoms with Gasteiger partial charge in [0, 0.05) is 19.1 Å². The second-order valence-corrected chi connectivity index (χ2v) is 6.95. The SMILES string of the molecule is Cc1ccccc1O[C@@H]1CCC[C@H](NCCN2CCCC2)[C@H]1O. The van der Waals surface area contributed by atoms with E-state index < -0.39 is 6.10 Å². The topological polar surface area (TPSA) is 44.7 Å². The number of nitrogens with zero attached hydrogens (tertiary/aromatic N) is 1. The van der Waals surface area contributed by atoms with Crippen LogP contribution >= 0.6 is 0 Å². The van der Waals surface area contributed by atoms with Crippen molar-refractivity contribution in [2.75, 3.05) is 26.2 Å². The summed E-state index contributed by atoms with van der Waals surface area (Å²) >= 11 is 0. The molecule has 3 atom stereocenters. The first kappa shape index (κ1) is 16.7. The lowest BCUT2D eigenvalue weighted by Crippen LogP contribution is -2.52. The number of para-hydroxylation sites is 1. The number of hydrogen-bond acceptors (Lipinski definition) is 4. The summed E-state index contributed by atoms with van der Waals surface area (Å²) in [5, 5.41) is 14.2. The highest BCUT2D eigenvalue weighted by molar-refractivity contribution is 5.32. The molecule has 0 unspecified atom stereocenters. The lowest BCUT2D eigenvalue weighted by atomic mass is 9.89. The Hall–Kier alpha value is -1.10. The average molecular weight is 318 g/mol. The summed E-state index contributed by atoms with van der Waals surface area (Å²) < 4.78 is 6.11. The molecule has 1 aromatic rings. The van der Waals surface area contributed by atoms with Gasteiger partial charge in [0.25, 0.3) is 0 Å². The Labute approximate surface area is 139 Å². The number of rotatable bonds is 6. The van der Waals surface area contributed by atoms with E-state index >= 15 is 0 Å². The number of aliphatic hydroxyl groups is 1. The number of aryl methyl sites for hydroxylation is 1. The van der Waals surface area contributed by atoms with Gasteiger partial charge in [-0.15, -0.1) is 0 Å².